The van der Waals surface area contributed by atoms with Crippen molar-refractivity contribution >= 4 is 5.91 Å². The highest BCUT2D eigenvalue weighted by Crippen LogP contribution is 2.11. The molecule has 2 nitrogen and oxygen atoms in total. The number of hydrogen-bond acceptors (Lipinski definition) is 1. The molecular weight excluding hydrogens is 222 g/mol. The van der Waals surface area contributed by atoms with Gasteiger partial charge in [0.1, 0.15) is 0 Å². The zero-order valence-corrected chi connectivity index (χ0v) is 12.0. The van der Waals surface area contributed by atoms with Crippen LogP contribution in [0.3, 0.4) is 0 Å². The third kappa shape index (κ3) is 4.91. The molecule has 1 aromatic rings. The predicted molar refractivity (Wildman–Crippen MR) is 76.7 cm³/mol. The molecule has 0 bridgehead atoms. The van der Waals surface area contributed by atoms with E-state index >= 15 is 0 Å². The number of aryl methyl sites for hydroxylation is 3. The van der Waals surface area contributed by atoms with Gasteiger partial charge in [-0.3, -0.25) is 4.79 Å². The van der Waals surface area contributed by atoms with Crippen LogP contribution >= 0.6 is 0 Å². The number of benzene rings is 1. The van der Waals surface area contributed by atoms with Gasteiger partial charge in [0.25, 0.3) is 0 Å². The molecular formula is C16H25NO. The molecule has 0 saturated heterocycles. The minimum atomic E-state index is 0.161. The minimum Gasteiger partial charge on any atom is -0.354 e. The highest BCUT2D eigenvalue weighted by atomic mass is 16.1. The van der Waals surface area contributed by atoms with E-state index in [1.807, 2.05) is 0 Å². The van der Waals surface area contributed by atoms with Crippen LogP contribution in [0.5, 0.6) is 0 Å². The summed E-state index contributed by atoms with van der Waals surface area (Å²) >= 11 is 0. The zero-order chi connectivity index (χ0) is 13.5. The second kappa shape index (κ2) is 7.20. The van der Waals surface area contributed by atoms with Gasteiger partial charge in [-0.1, -0.05) is 31.5 Å². The largest absolute Gasteiger partial charge is 0.354 e. The van der Waals surface area contributed by atoms with Gasteiger partial charge in [-0.05, 0) is 50.3 Å². The van der Waals surface area contributed by atoms with E-state index in [9.17, 15) is 4.79 Å². The molecule has 0 heterocycles. The Hall–Kier alpha value is -1.31. The quantitative estimate of drug-likeness (QED) is 0.818. The minimum absolute atomic E-state index is 0.161. The summed E-state index contributed by atoms with van der Waals surface area (Å²) in [5.41, 5.74) is 3.85. The van der Waals surface area contributed by atoms with Crippen molar-refractivity contribution in [1.82, 2.24) is 5.32 Å². The van der Waals surface area contributed by atoms with E-state index in [0.717, 1.165) is 19.3 Å². The summed E-state index contributed by atoms with van der Waals surface area (Å²) in [4.78, 5) is 11.7. The van der Waals surface area contributed by atoms with Crippen LogP contribution in [0.1, 0.15) is 49.8 Å². The van der Waals surface area contributed by atoms with E-state index in [1.54, 1.807) is 0 Å². The van der Waals surface area contributed by atoms with E-state index in [2.05, 4.69) is 51.2 Å². The van der Waals surface area contributed by atoms with Gasteiger partial charge in [0, 0.05) is 12.5 Å². The Morgan fingerprint density at radius 3 is 2.61 bits per heavy atom. The van der Waals surface area contributed by atoms with Crippen LogP contribution in [0.25, 0.3) is 0 Å². The van der Waals surface area contributed by atoms with E-state index in [0.29, 0.717) is 12.5 Å². The first kappa shape index (κ1) is 14.7. The first-order valence-electron chi connectivity index (χ1n) is 6.88. The molecule has 1 aromatic carbocycles. The number of carbonyl (C=O) groups excluding carboxylic acids is 1. The molecule has 1 atom stereocenters. The topological polar surface area (TPSA) is 29.1 Å². The van der Waals surface area contributed by atoms with E-state index < -0.39 is 0 Å². The molecule has 18 heavy (non-hydrogen) atoms. The van der Waals surface area contributed by atoms with E-state index in [-0.39, 0.29) is 5.91 Å². The number of carbonyl (C=O) groups is 1. The van der Waals surface area contributed by atoms with Gasteiger partial charge in [0.15, 0.2) is 0 Å². The molecule has 0 aliphatic rings. The van der Waals surface area contributed by atoms with Crippen LogP contribution in [0.2, 0.25) is 0 Å². The summed E-state index contributed by atoms with van der Waals surface area (Å²) in [7, 11) is 0. The Labute approximate surface area is 111 Å². The van der Waals surface area contributed by atoms with Crippen molar-refractivity contribution in [3.63, 3.8) is 0 Å². The number of nitrogens with one attached hydrogen (secondary N) is 1. The van der Waals surface area contributed by atoms with Crippen LogP contribution in [-0.2, 0) is 11.2 Å². The first-order chi connectivity index (χ1) is 8.52. The fraction of sp³-hybridized carbons (Fsp3) is 0.562. The molecule has 0 aliphatic heterocycles. The molecule has 0 spiro atoms. The van der Waals surface area contributed by atoms with Crippen molar-refractivity contribution < 1.29 is 4.79 Å². The fourth-order valence-corrected chi connectivity index (χ4v) is 2.07. The normalized spacial score (nSPS) is 12.2. The molecule has 1 amide bonds. The lowest BCUT2D eigenvalue weighted by molar-refractivity contribution is -0.121. The molecule has 1 unspecified atom stereocenters. The van der Waals surface area contributed by atoms with E-state index in [4.69, 9.17) is 0 Å². The smallest absolute Gasteiger partial charge is 0.220 e. The van der Waals surface area contributed by atoms with Gasteiger partial charge in [-0.25, -0.2) is 0 Å². The van der Waals surface area contributed by atoms with Gasteiger partial charge < -0.3 is 5.32 Å². The summed E-state index contributed by atoms with van der Waals surface area (Å²) in [6.45, 7) is 8.43. The summed E-state index contributed by atoms with van der Waals surface area (Å²) < 4.78 is 0. The van der Waals surface area contributed by atoms with Crippen LogP contribution in [0.4, 0.5) is 0 Å². The SMILES string of the molecule is CCCC(C)NC(=O)CCc1ccc(C)c(C)c1. The number of hydrogen-bond donors (Lipinski definition) is 1. The van der Waals surface area contributed by atoms with Crippen molar-refractivity contribution in [3.05, 3.63) is 34.9 Å². The fourth-order valence-electron chi connectivity index (χ4n) is 2.07. The highest BCUT2D eigenvalue weighted by Gasteiger charge is 2.06. The molecule has 0 radical (unpaired) electrons. The molecule has 0 aliphatic carbocycles. The Morgan fingerprint density at radius 1 is 1.28 bits per heavy atom. The maximum Gasteiger partial charge on any atom is 0.220 e. The van der Waals surface area contributed by atoms with Crippen molar-refractivity contribution in [2.45, 2.75) is 59.4 Å². The van der Waals surface area contributed by atoms with Crippen LogP contribution in [-0.4, -0.2) is 11.9 Å². The molecule has 1 rings (SSSR count). The van der Waals surface area contributed by atoms with Gasteiger partial charge >= 0.3 is 0 Å². The molecule has 1 N–H and O–H groups in total. The van der Waals surface area contributed by atoms with Gasteiger partial charge in [-0.15, -0.1) is 0 Å². The molecule has 0 saturated carbocycles. The summed E-state index contributed by atoms with van der Waals surface area (Å²) in [5.74, 6) is 0.161. The molecule has 2 heteroatoms. The first-order valence-corrected chi connectivity index (χ1v) is 6.88. The second-order valence-corrected chi connectivity index (χ2v) is 5.18. The van der Waals surface area contributed by atoms with Crippen LogP contribution in [0, 0.1) is 13.8 Å². The van der Waals surface area contributed by atoms with Crippen molar-refractivity contribution in [1.29, 1.82) is 0 Å². The summed E-state index contributed by atoms with van der Waals surface area (Å²) in [6, 6.07) is 6.72. The molecule has 100 valence electrons. The Bertz CT molecular complexity index is 398. The Balaban J connectivity index is 2.40. The lowest BCUT2D eigenvalue weighted by Crippen LogP contribution is -2.32. The van der Waals surface area contributed by atoms with Crippen molar-refractivity contribution in [2.24, 2.45) is 0 Å². The third-order valence-electron chi connectivity index (χ3n) is 3.34. The van der Waals surface area contributed by atoms with Gasteiger partial charge in [0.2, 0.25) is 5.91 Å². The Morgan fingerprint density at radius 2 is 2.00 bits per heavy atom. The maximum atomic E-state index is 11.7. The standard InChI is InChI=1S/C16H25NO/c1-5-6-14(4)17-16(18)10-9-15-8-7-12(2)13(3)11-15/h7-8,11,14H,5-6,9-10H2,1-4H3,(H,17,18). The highest BCUT2D eigenvalue weighted by molar-refractivity contribution is 5.76. The van der Waals surface area contributed by atoms with Crippen LogP contribution in [0.15, 0.2) is 18.2 Å². The Kier molecular flexibility index (Phi) is 5.90. The summed E-state index contributed by atoms with van der Waals surface area (Å²) in [5, 5.41) is 3.04. The van der Waals surface area contributed by atoms with Crippen LogP contribution < -0.4 is 5.32 Å². The number of amides is 1. The third-order valence-corrected chi connectivity index (χ3v) is 3.34. The lowest BCUT2D eigenvalue weighted by Gasteiger charge is -2.12. The molecule has 0 aromatic heterocycles. The second-order valence-electron chi connectivity index (χ2n) is 5.18. The number of rotatable bonds is 6. The maximum absolute atomic E-state index is 11.7. The van der Waals surface area contributed by atoms with Gasteiger partial charge in [-0.2, -0.15) is 0 Å². The predicted octanol–water partition coefficient (Wildman–Crippen LogP) is 3.54. The lowest BCUT2D eigenvalue weighted by atomic mass is 10.0. The molecule has 0 fully saturated rings. The summed E-state index contributed by atoms with van der Waals surface area (Å²) in [6.07, 6.45) is 3.57. The van der Waals surface area contributed by atoms with Crippen molar-refractivity contribution in [3.8, 4) is 0 Å². The van der Waals surface area contributed by atoms with Crippen molar-refractivity contribution in [2.75, 3.05) is 0 Å². The average molecular weight is 247 g/mol. The average Bonchev–Trinajstić information content (AvgIpc) is 2.31. The zero-order valence-electron chi connectivity index (χ0n) is 12.0. The van der Waals surface area contributed by atoms with E-state index in [1.165, 1.54) is 16.7 Å². The monoisotopic (exact) mass is 247 g/mol. The van der Waals surface area contributed by atoms with Gasteiger partial charge in [0.05, 0.1) is 0 Å².